The van der Waals surface area contributed by atoms with E-state index in [1.54, 1.807) is 36.7 Å². The molecule has 2 aliphatic heterocycles. The fraction of sp³-hybridized carbons (Fsp3) is 0.474. The van der Waals surface area contributed by atoms with Gasteiger partial charge in [-0.15, -0.1) is 12.4 Å². The fourth-order valence-corrected chi connectivity index (χ4v) is 5.16. The van der Waals surface area contributed by atoms with Crippen LogP contribution in [0, 0.1) is 5.92 Å². The van der Waals surface area contributed by atoms with Gasteiger partial charge in [0.05, 0.1) is 28.7 Å². The molecule has 1 aromatic carbocycles. The summed E-state index contributed by atoms with van der Waals surface area (Å²) in [6.07, 6.45) is 9.43. The van der Waals surface area contributed by atoms with Crippen LogP contribution >= 0.6 is 12.4 Å². The van der Waals surface area contributed by atoms with Crippen LogP contribution in [0.15, 0.2) is 41.6 Å². The number of sulfone groups is 1. The normalized spacial score (nSPS) is 23.8. The van der Waals surface area contributed by atoms with Crippen LogP contribution in [0.4, 0.5) is 5.69 Å². The maximum atomic E-state index is 12.4. The molecule has 2 bridgehead atoms. The van der Waals surface area contributed by atoms with Crippen LogP contribution < -0.4 is 10.6 Å². The number of nitrogens with one attached hydrogen (secondary N) is 2. The zero-order valence-electron chi connectivity index (χ0n) is 15.7. The second-order valence-electron chi connectivity index (χ2n) is 7.64. The molecule has 2 fully saturated rings. The second kappa shape index (κ2) is 8.23. The molecule has 7 nitrogen and oxygen atoms in total. The molecule has 152 valence electrons. The van der Waals surface area contributed by atoms with E-state index in [-0.39, 0.29) is 23.2 Å². The minimum atomic E-state index is -3.37. The average Bonchev–Trinajstić information content (AvgIpc) is 3.20. The first-order valence-corrected chi connectivity index (χ1v) is 11.2. The van der Waals surface area contributed by atoms with Gasteiger partial charge in [-0.1, -0.05) is 12.1 Å². The summed E-state index contributed by atoms with van der Waals surface area (Å²) in [6.45, 7) is 0. The van der Waals surface area contributed by atoms with E-state index in [1.165, 1.54) is 23.8 Å². The SMILES string of the molecule is CS(=O)(=O)c1ccccc1-n1cc(NC(=O)CC2CC3CCC(C2)N3)cn1.Cl. The number of carbonyl (C=O) groups excluding carboxylic acids is 1. The molecule has 2 saturated heterocycles. The number of para-hydroxylation sites is 1. The first-order valence-electron chi connectivity index (χ1n) is 9.28. The average molecular weight is 425 g/mol. The van der Waals surface area contributed by atoms with Crippen LogP contribution in [0.1, 0.15) is 32.1 Å². The number of piperidine rings is 1. The number of amides is 1. The molecule has 1 amide bonds. The molecule has 0 saturated carbocycles. The zero-order chi connectivity index (χ0) is 19.0. The van der Waals surface area contributed by atoms with Gasteiger partial charge in [0.1, 0.15) is 0 Å². The molecule has 2 aliphatic rings. The Bertz CT molecular complexity index is 948. The summed E-state index contributed by atoms with van der Waals surface area (Å²) >= 11 is 0. The maximum Gasteiger partial charge on any atom is 0.224 e. The van der Waals surface area contributed by atoms with Crippen LogP contribution in [-0.4, -0.2) is 42.4 Å². The van der Waals surface area contributed by atoms with Gasteiger partial charge in [-0.05, 0) is 43.7 Å². The monoisotopic (exact) mass is 424 g/mol. The highest BCUT2D eigenvalue weighted by molar-refractivity contribution is 7.90. The molecular weight excluding hydrogens is 400 g/mol. The molecule has 1 aromatic heterocycles. The topological polar surface area (TPSA) is 93.1 Å². The second-order valence-corrected chi connectivity index (χ2v) is 9.63. The lowest BCUT2D eigenvalue weighted by Gasteiger charge is -2.28. The van der Waals surface area contributed by atoms with Crippen molar-refractivity contribution >= 4 is 33.8 Å². The summed E-state index contributed by atoms with van der Waals surface area (Å²) in [6, 6.07) is 7.82. The third kappa shape index (κ3) is 4.56. The van der Waals surface area contributed by atoms with E-state index in [1.807, 2.05) is 0 Å². The van der Waals surface area contributed by atoms with Crippen LogP contribution in [0.5, 0.6) is 0 Å². The molecule has 28 heavy (non-hydrogen) atoms. The Morgan fingerprint density at radius 2 is 1.93 bits per heavy atom. The van der Waals surface area contributed by atoms with Crippen LogP contribution in [0.2, 0.25) is 0 Å². The smallest absolute Gasteiger partial charge is 0.224 e. The van der Waals surface area contributed by atoms with Gasteiger partial charge in [0.2, 0.25) is 5.91 Å². The predicted molar refractivity (Wildman–Crippen MR) is 110 cm³/mol. The van der Waals surface area contributed by atoms with E-state index in [4.69, 9.17) is 0 Å². The molecule has 0 aliphatic carbocycles. The predicted octanol–water partition coefficient (Wildman–Crippen LogP) is 2.56. The number of hydrogen-bond donors (Lipinski definition) is 2. The number of carbonyl (C=O) groups is 1. The van der Waals surface area contributed by atoms with Crippen molar-refractivity contribution in [2.75, 3.05) is 11.6 Å². The van der Waals surface area contributed by atoms with Gasteiger partial charge in [-0.25, -0.2) is 13.1 Å². The van der Waals surface area contributed by atoms with Crippen molar-refractivity contribution < 1.29 is 13.2 Å². The number of fused-ring (bicyclic) bond motifs is 2. The van der Waals surface area contributed by atoms with Gasteiger partial charge in [0, 0.05) is 24.8 Å². The minimum Gasteiger partial charge on any atom is -0.323 e. The largest absolute Gasteiger partial charge is 0.323 e. The summed E-state index contributed by atoms with van der Waals surface area (Å²) < 4.78 is 25.4. The number of aromatic nitrogens is 2. The van der Waals surface area contributed by atoms with Crippen molar-refractivity contribution in [1.29, 1.82) is 0 Å². The number of halogens is 1. The highest BCUT2D eigenvalue weighted by Crippen LogP contribution is 2.32. The number of nitrogens with zero attached hydrogens (tertiary/aromatic N) is 2. The Balaban J connectivity index is 0.00000225. The molecule has 0 spiro atoms. The minimum absolute atomic E-state index is 0. The van der Waals surface area contributed by atoms with Crippen molar-refractivity contribution in [3.8, 4) is 5.69 Å². The summed E-state index contributed by atoms with van der Waals surface area (Å²) in [4.78, 5) is 12.6. The lowest BCUT2D eigenvalue weighted by molar-refractivity contribution is -0.117. The van der Waals surface area contributed by atoms with Crippen LogP contribution in [0.25, 0.3) is 5.69 Å². The molecule has 4 rings (SSSR count). The van der Waals surface area contributed by atoms with E-state index in [2.05, 4.69) is 15.7 Å². The van der Waals surface area contributed by atoms with E-state index in [9.17, 15) is 13.2 Å². The number of anilines is 1. The highest BCUT2D eigenvalue weighted by atomic mass is 35.5. The molecule has 2 atom stereocenters. The van der Waals surface area contributed by atoms with Gasteiger partial charge >= 0.3 is 0 Å². The van der Waals surface area contributed by atoms with Crippen LogP contribution in [-0.2, 0) is 14.6 Å². The third-order valence-electron chi connectivity index (χ3n) is 5.42. The summed E-state index contributed by atoms with van der Waals surface area (Å²) in [5, 5.41) is 10.7. The summed E-state index contributed by atoms with van der Waals surface area (Å²) in [5.41, 5.74) is 1.04. The molecular formula is C19H25ClN4O3S. The Labute approximate surface area is 171 Å². The molecule has 2 aromatic rings. The van der Waals surface area contributed by atoms with Crippen molar-refractivity contribution in [2.24, 2.45) is 5.92 Å². The third-order valence-corrected chi connectivity index (χ3v) is 6.57. The molecule has 9 heteroatoms. The van der Waals surface area contributed by atoms with Crippen molar-refractivity contribution in [3.05, 3.63) is 36.7 Å². The van der Waals surface area contributed by atoms with Crippen molar-refractivity contribution in [1.82, 2.24) is 15.1 Å². The van der Waals surface area contributed by atoms with Gasteiger partial charge in [-0.3, -0.25) is 4.79 Å². The van der Waals surface area contributed by atoms with Crippen molar-refractivity contribution in [3.63, 3.8) is 0 Å². The quantitative estimate of drug-likeness (QED) is 0.769. The van der Waals surface area contributed by atoms with Gasteiger partial charge in [-0.2, -0.15) is 5.10 Å². The number of rotatable bonds is 5. The molecule has 0 radical (unpaired) electrons. The fourth-order valence-electron chi connectivity index (χ4n) is 4.30. The lowest BCUT2D eigenvalue weighted by atomic mass is 9.89. The molecule has 2 N–H and O–H groups in total. The highest BCUT2D eigenvalue weighted by Gasteiger charge is 2.34. The summed E-state index contributed by atoms with van der Waals surface area (Å²) in [5.74, 6) is 0.405. The molecule has 3 heterocycles. The zero-order valence-corrected chi connectivity index (χ0v) is 17.3. The Morgan fingerprint density at radius 3 is 2.61 bits per heavy atom. The number of hydrogen-bond acceptors (Lipinski definition) is 5. The number of benzene rings is 1. The van der Waals surface area contributed by atoms with Crippen molar-refractivity contribution in [2.45, 2.75) is 49.1 Å². The standard InChI is InChI=1S/C19H24N4O3S.ClH/c1-27(25,26)18-5-3-2-4-17(18)23-12-16(11-20-23)22-19(24)10-13-8-14-6-7-15(9-13)21-14;/h2-5,11-15,21H,6-10H2,1H3,(H,22,24);1H. The van der Waals surface area contributed by atoms with Gasteiger partial charge in [0.25, 0.3) is 0 Å². The first kappa shape index (κ1) is 20.8. The van der Waals surface area contributed by atoms with Crippen LogP contribution in [0.3, 0.4) is 0 Å². The molecule has 2 unspecified atom stereocenters. The Morgan fingerprint density at radius 1 is 1.25 bits per heavy atom. The lowest BCUT2D eigenvalue weighted by Crippen LogP contribution is -2.39. The van der Waals surface area contributed by atoms with Gasteiger partial charge < -0.3 is 10.6 Å². The maximum absolute atomic E-state index is 12.4. The summed E-state index contributed by atoms with van der Waals surface area (Å²) in [7, 11) is -3.37. The van der Waals surface area contributed by atoms with E-state index >= 15 is 0 Å². The van der Waals surface area contributed by atoms with E-state index in [0.717, 1.165) is 12.8 Å². The van der Waals surface area contributed by atoms with Gasteiger partial charge in [0.15, 0.2) is 9.84 Å². The Kier molecular flexibility index (Phi) is 6.12. The Hall–Kier alpha value is -1.90. The van der Waals surface area contributed by atoms with E-state index in [0.29, 0.717) is 35.8 Å². The van der Waals surface area contributed by atoms with E-state index < -0.39 is 9.84 Å². The first-order chi connectivity index (χ1) is 12.9.